The first kappa shape index (κ1) is 12.4. The molecule has 3 rings (SSSR count). The predicted molar refractivity (Wildman–Crippen MR) is 73.6 cm³/mol. The number of hydrogen-bond donors (Lipinski definition) is 2. The molecule has 0 spiro atoms. The summed E-state index contributed by atoms with van der Waals surface area (Å²) in [5, 5.41) is 20.4. The SMILES string of the molecule is O=C(O)c1nc(Cl)c2c(sc3c(Cl)nccc32)c1O. The number of carboxylic acids is 1. The van der Waals surface area contributed by atoms with Gasteiger partial charge in [0.1, 0.15) is 10.3 Å². The normalized spacial score (nSPS) is 11.3. The van der Waals surface area contributed by atoms with Crippen LogP contribution in [0.3, 0.4) is 0 Å². The lowest BCUT2D eigenvalue weighted by molar-refractivity contribution is 0.0687. The number of aromatic hydroxyl groups is 1. The lowest BCUT2D eigenvalue weighted by Gasteiger charge is -2.01. The molecule has 0 aliphatic rings. The summed E-state index contributed by atoms with van der Waals surface area (Å²) in [6.07, 6.45) is 1.51. The van der Waals surface area contributed by atoms with Crippen LogP contribution in [-0.4, -0.2) is 26.2 Å². The third-order valence-corrected chi connectivity index (χ3v) is 4.51. The van der Waals surface area contributed by atoms with Crippen LogP contribution in [0.15, 0.2) is 12.3 Å². The van der Waals surface area contributed by atoms with Crippen LogP contribution in [0.4, 0.5) is 0 Å². The number of aromatic nitrogens is 2. The molecule has 0 bridgehead atoms. The van der Waals surface area contributed by atoms with Crippen molar-refractivity contribution in [3.05, 3.63) is 28.3 Å². The highest BCUT2D eigenvalue weighted by Crippen LogP contribution is 2.44. The number of aromatic carboxylic acids is 1. The zero-order valence-corrected chi connectivity index (χ0v) is 11.3. The molecule has 0 atom stereocenters. The highest BCUT2D eigenvalue weighted by molar-refractivity contribution is 7.26. The summed E-state index contributed by atoms with van der Waals surface area (Å²) >= 11 is 13.1. The maximum atomic E-state index is 11.0. The van der Waals surface area contributed by atoms with Gasteiger partial charge in [0, 0.05) is 17.0 Å². The second-order valence-corrected chi connectivity index (χ2v) is 5.43. The van der Waals surface area contributed by atoms with Crippen molar-refractivity contribution in [2.24, 2.45) is 0 Å². The smallest absolute Gasteiger partial charge is 0.358 e. The van der Waals surface area contributed by atoms with E-state index in [-0.39, 0.29) is 10.3 Å². The average Bonchev–Trinajstić information content (AvgIpc) is 2.75. The standard InChI is InChI=1S/C11H4Cl2N2O3S/c12-9-4-3-1-2-14-10(13)7(3)19-8(4)6(16)5(15-9)11(17)18/h1-2,16H,(H,17,18). The fourth-order valence-corrected chi connectivity index (χ4v) is 3.56. The Hall–Kier alpha value is -1.63. The van der Waals surface area contributed by atoms with Crippen molar-refractivity contribution in [2.75, 3.05) is 0 Å². The van der Waals surface area contributed by atoms with Gasteiger partial charge in [0.05, 0.1) is 9.40 Å². The Morgan fingerprint density at radius 2 is 2.00 bits per heavy atom. The van der Waals surface area contributed by atoms with Gasteiger partial charge in [-0.2, -0.15) is 0 Å². The first-order chi connectivity index (χ1) is 9.00. The molecular formula is C11H4Cl2N2O3S. The molecule has 96 valence electrons. The van der Waals surface area contributed by atoms with Crippen molar-refractivity contribution in [1.29, 1.82) is 0 Å². The topological polar surface area (TPSA) is 83.3 Å². The first-order valence-electron chi connectivity index (χ1n) is 4.99. The van der Waals surface area contributed by atoms with Gasteiger partial charge in [0.25, 0.3) is 0 Å². The number of halogens is 2. The van der Waals surface area contributed by atoms with Gasteiger partial charge in [-0.05, 0) is 6.07 Å². The van der Waals surface area contributed by atoms with Gasteiger partial charge in [0.15, 0.2) is 11.4 Å². The van der Waals surface area contributed by atoms with Gasteiger partial charge in [-0.25, -0.2) is 14.8 Å². The van der Waals surface area contributed by atoms with E-state index in [9.17, 15) is 9.90 Å². The maximum absolute atomic E-state index is 11.0. The lowest BCUT2D eigenvalue weighted by atomic mass is 10.2. The van der Waals surface area contributed by atoms with E-state index in [2.05, 4.69) is 9.97 Å². The Bertz CT molecular complexity index is 847. The van der Waals surface area contributed by atoms with Crippen LogP contribution in [0.2, 0.25) is 10.3 Å². The van der Waals surface area contributed by atoms with Crippen molar-refractivity contribution in [1.82, 2.24) is 9.97 Å². The fraction of sp³-hybridized carbons (Fsp3) is 0. The number of thiophene rings is 1. The van der Waals surface area contributed by atoms with Crippen LogP contribution in [-0.2, 0) is 0 Å². The van der Waals surface area contributed by atoms with Crippen LogP contribution in [0.5, 0.6) is 5.75 Å². The summed E-state index contributed by atoms with van der Waals surface area (Å²) in [5.41, 5.74) is -0.479. The molecular weight excluding hydrogens is 311 g/mol. The number of hydrogen-bond acceptors (Lipinski definition) is 5. The Balaban J connectivity index is 2.57. The molecule has 3 aromatic heterocycles. The van der Waals surface area contributed by atoms with Crippen LogP contribution >= 0.6 is 34.5 Å². The Labute approximate surface area is 120 Å². The molecule has 5 nitrogen and oxygen atoms in total. The molecule has 3 aromatic rings. The Kier molecular flexibility index (Phi) is 2.74. The number of fused-ring (bicyclic) bond motifs is 3. The van der Waals surface area contributed by atoms with E-state index in [4.69, 9.17) is 28.3 Å². The number of nitrogens with zero attached hydrogens (tertiary/aromatic N) is 2. The third kappa shape index (κ3) is 1.72. The van der Waals surface area contributed by atoms with Crippen LogP contribution < -0.4 is 0 Å². The summed E-state index contributed by atoms with van der Waals surface area (Å²) in [4.78, 5) is 18.6. The van der Waals surface area contributed by atoms with Crippen molar-refractivity contribution in [3.63, 3.8) is 0 Å². The van der Waals surface area contributed by atoms with Crippen molar-refractivity contribution >= 4 is 60.7 Å². The second kappa shape index (κ2) is 4.19. The molecule has 2 N–H and O–H groups in total. The Morgan fingerprint density at radius 3 is 2.68 bits per heavy atom. The minimum Gasteiger partial charge on any atom is -0.504 e. The maximum Gasteiger partial charge on any atom is 0.358 e. The van der Waals surface area contributed by atoms with E-state index in [1.807, 2.05) is 0 Å². The van der Waals surface area contributed by atoms with Gasteiger partial charge in [-0.1, -0.05) is 23.2 Å². The molecule has 0 unspecified atom stereocenters. The van der Waals surface area contributed by atoms with Gasteiger partial charge in [-0.15, -0.1) is 11.3 Å². The van der Waals surface area contributed by atoms with Crippen molar-refractivity contribution < 1.29 is 15.0 Å². The van der Waals surface area contributed by atoms with E-state index in [0.717, 1.165) is 11.3 Å². The lowest BCUT2D eigenvalue weighted by Crippen LogP contribution is -2.00. The van der Waals surface area contributed by atoms with Crippen molar-refractivity contribution in [3.8, 4) is 5.75 Å². The predicted octanol–water partition coefficient (Wildman–Crippen LogP) is 3.56. The minimum atomic E-state index is -1.34. The highest BCUT2D eigenvalue weighted by Gasteiger charge is 2.22. The molecule has 8 heteroatoms. The molecule has 0 radical (unpaired) electrons. The van der Waals surface area contributed by atoms with E-state index in [1.165, 1.54) is 6.20 Å². The summed E-state index contributed by atoms with van der Waals surface area (Å²) in [7, 11) is 0. The van der Waals surface area contributed by atoms with Gasteiger partial charge >= 0.3 is 5.97 Å². The second-order valence-electron chi connectivity index (χ2n) is 3.69. The largest absolute Gasteiger partial charge is 0.504 e. The summed E-state index contributed by atoms with van der Waals surface area (Å²) < 4.78 is 0.961. The fourth-order valence-electron chi connectivity index (χ4n) is 1.83. The minimum absolute atomic E-state index is 0.0127. The molecule has 19 heavy (non-hydrogen) atoms. The molecule has 0 fully saturated rings. The number of carbonyl (C=O) groups is 1. The van der Waals surface area contributed by atoms with E-state index in [1.54, 1.807) is 6.07 Å². The van der Waals surface area contributed by atoms with Crippen LogP contribution in [0.1, 0.15) is 10.5 Å². The van der Waals surface area contributed by atoms with Gasteiger partial charge < -0.3 is 10.2 Å². The van der Waals surface area contributed by atoms with E-state index >= 15 is 0 Å². The molecule has 0 aliphatic heterocycles. The van der Waals surface area contributed by atoms with Gasteiger partial charge in [0.2, 0.25) is 0 Å². The zero-order valence-electron chi connectivity index (χ0n) is 9.02. The average molecular weight is 315 g/mol. The van der Waals surface area contributed by atoms with E-state index in [0.29, 0.717) is 20.2 Å². The molecule has 0 saturated heterocycles. The first-order valence-corrected chi connectivity index (χ1v) is 6.56. The van der Waals surface area contributed by atoms with Crippen molar-refractivity contribution in [2.45, 2.75) is 0 Å². The molecule has 0 aliphatic carbocycles. The summed E-state index contributed by atoms with van der Waals surface area (Å²) in [6, 6.07) is 1.69. The molecule has 0 aromatic carbocycles. The molecule has 0 amide bonds. The molecule has 0 saturated carbocycles. The number of rotatable bonds is 1. The van der Waals surface area contributed by atoms with Crippen LogP contribution in [0.25, 0.3) is 20.2 Å². The zero-order chi connectivity index (χ0) is 13.7. The highest BCUT2D eigenvalue weighted by atomic mass is 35.5. The Morgan fingerprint density at radius 1 is 1.26 bits per heavy atom. The van der Waals surface area contributed by atoms with E-state index < -0.39 is 17.4 Å². The number of pyridine rings is 2. The van der Waals surface area contributed by atoms with Crippen LogP contribution in [0, 0.1) is 0 Å². The number of carboxylic acid groups (broad SMARTS) is 1. The summed E-state index contributed by atoms with van der Waals surface area (Å²) in [5.74, 6) is -1.76. The summed E-state index contributed by atoms with van der Waals surface area (Å²) in [6.45, 7) is 0. The van der Waals surface area contributed by atoms with Gasteiger partial charge in [-0.3, -0.25) is 0 Å². The quantitative estimate of drug-likeness (QED) is 0.671. The molecule has 3 heterocycles. The third-order valence-electron chi connectivity index (χ3n) is 2.62. The monoisotopic (exact) mass is 314 g/mol.